The molecule has 1 unspecified atom stereocenters. The molecule has 0 radical (unpaired) electrons. The van der Waals surface area contributed by atoms with E-state index in [1.54, 1.807) is 4.90 Å². The Balaban J connectivity index is 2.35. The number of rotatable bonds is 6. The topological polar surface area (TPSA) is 61.9 Å². The lowest BCUT2D eigenvalue weighted by Crippen LogP contribution is -2.53. The first kappa shape index (κ1) is 19.7. The molecule has 134 valence electrons. The van der Waals surface area contributed by atoms with E-state index in [-0.39, 0.29) is 12.0 Å². The maximum atomic E-state index is 12.3. The van der Waals surface area contributed by atoms with Crippen LogP contribution in [0.3, 0.4) is 0 Å². The number of nitrogens with one attached hydrogen (secondary N) is 1. The molecule has 1 heterocycles. The molecule has 0 aromatic carbocycles. The van der Waals surface area contributed by atoms with Gasteiger partial charge in [-0.15, -0.1) is 0 Å². The summed E-state index contributed by atoms with van der Waals surface area (Å²) in [6.07, 6.45) is 2.95. The molecule has 1 rings (SSSR count). The van der Waals surface area contributed by atoms with Crippen molar-refractivity contribution in [2.75, 3.05) is 32.7 Å². The van der Waals surface area contributed by atoms with E-state index < -0.39 is 5.60 Å². The van der Waals surface area contributed by atoms with Gasteiger partial charge >= 0.3 is 6.09 Å². The zero-order valence-corrected chi connectivity index (χ0v) is 15.4. The number of carbonyl (C=O) groups is 2. The minimum atomic E-state index is -0.484. The molecule has 0 aliphatic carbocycles. The normalized spacial score (nSPS) is 17.1. The van der Waals surface area contributed by atoms with Crippen molar-refractivity contribution in [1.29, 1.82) is 0 Å². The van der Waals surface area contributed by atoms with E-state index in [1.807, 2.05) is 25.7 Å². The first-order valence-electron chi connectivity index (χ1n) is 8.76. The Morgan fingerprint density at radius 1 is 1.09 bits per heavy atom. The van der Waals surface area contributed by atoms with Gasteiger partial charge in [0.25, 0.3) is 0 Å². The Hall–Kier alpha value is -1.30. The van der Waals surface area contributed by atoms with Crippen LogP contribution in [-0.4, -0.2) is 66.2 Å². The van der Waals surface area contributed by atoms with Crippen LogP contribution in [0.2, 0.25) is 0 Å². The SMILES string of the molecule is CCCC(CC)NCC(=O)N1CCN(C(=O)OC(C)(C)C)CC1. The number of ether oxygens (including phenoxy) is 1. The number of carbonyl (C=O) groups excluding carboxylic acids is 2. The van der Waals surface area contributed by atoms with Crippen LogP contribution in [0, 0.1) is 0 Å². The van der Waals surface area contributed by atoms with E-state index in [2.05, 4.69) is 19.2 Å². The van der Waals surface area contributed by atoms with Gasteiger partial charge in [-0.05, 0) is 33.6 Å². The number of piperazine rings is 1. The summed E-state index contributed by atoms with van der Waals surface area (Å²) in [7, 11) is 0. The first-order valence-corrected chi connectivity index (χ1v) is 8.76. The standard InChI is InChI=1S/C17H33N3O3/c1-6-8-14(7-2)18-13-15(21)19-9-11-20(12-10-19)16(22)23-17(3,4)5/h14,18H,6-13H2,1-5H3. The zero-order chi connectivity index (χ0) is 17.5. The van der Waals surface area contributed by atoms with Crippen molar-refractivity contribution < 1.29 is 14.3 Å². The van der Waals surface area contributed by atoms with Gasteiger partial charge in [-0.2, -0.15) is 0 Å². The average molecular weight is 327 g/mol. The third-order valence-corrected chi connectivity index (χ3v) is 3.96. The van der Waals surface area contributed by atoms with Crippen molar-refractivity contribution >= 4 is 12.0 Å². The minimum Gasteiger partial charge on any atom is -0.444 e. The Labute approximate surface area is 140 Å². The number of hydrogen-bond donors (Lipinski definition) is 1. The van der Waals surface area contributed by atoms with E-state index in [0.29, 0.717) is 38.8 Å². The molecule has 0 aromatic rings. The van der Waals surface area contributed by atoms with Gasteiger partial charge in [-0.25, -0.2) is 4.79 Å². The summed E-state index contributed by atoms with van der Waals surface area (Å²) in [5, 5.41) is 3.34. The Bertz CT molecular complexity index is 385. The highest BCUT2D eigenvalue weighted by molar-refractivity contribution is 5.78. The first-order chi connectivity index (χ1) is 10.8. The van der Waals surface area contributed by atoms with Crippen molar-refractivity contribution in [3.8, 4) is 0 Å². The minimum absolute atomic E-state index is 0.114. The lowest BCUT2D eigenvalue weighted by molar-refractivity contribution is -0.132. The van der Waals surface area contributed by atoms with Gasteiger partial charge in [0.05, 0.1) is 6.54 Å². The molecule has 1 fully saturated rings. The van der Waals surface area contributed by atoms with Gasteiger partial charge in [-0.3, -0.25) is 4.79 Å². The van der Waals surface area contributed by atoms with Gasteiger partial charge in [-0.1, -0.05) is 20.3 Å². The summed E-state index contributed by atoms with van der Waals surface area (Å²) in [5.41, 5.74) is -0.484. The number of hydrogen-bond acceptors (Lipinski definition) is 4. The monoisotopic (exact) mass is 327 g/mol. The molecule has 0 spiro atoms. The van der Waals surface area contributed by atoms with Crippen LogP contribution in [0.1, 0.15) is 53.9 Å². The van der Waals surface area contributed by atoms with Gasteiger partial charge in [0.15, 0.2) is 0 Å². The molecule has 6 nitrogen and oxygen atoms in total. The third-order valence-electron chi connectivity index (χ3n) is 3.96. The molecule has 6 heteroatoms. The van der Waals surface area contributed by atoms with Crippen LogP contribution in [-0.2, 0) is 9.53 Å². The average Bonchev–Trinajstić information content (AvgIpc) is 2.49. The highest BCUT2D eigenvalue weighted by Gasteiger charge is 2.27. The van der Waals surface area contributed by atoms with E-state index in [9.17, 15) is 9.59 Å². The van der Waals surface area contributed by atoms with Gasteiger partial charge in [0.2, 0.25) is 5.91 Å². The maximum Gasteiger partial charge on any atom is 0.410 e. The predicted octanol–water partition coefficient (Wildman–Crippen LogP) is 2.23. The highest BCUT2D eigenvalue weighted by atomic mass is 16.6. The summed E-state index contributed by atoms with van der Waals surface area (Å²) in [6, 6.07) is 0.409. The smallest absolute Gasteiger partial charge is 0.410 e. The van der Waals surface area contributed by atoms with Gasteiger partial charge < -0.3 is 19.9 Å². The van der Waals surface area contributed by atoms with Crippen LogP contribution in [0.25, 0.3) is 0 Å². The Morgan fingerprint density at radius 2 is 1.65 bits per heavy atom. The van der Waals surface area contributed by atoms with Crippen LogP contribution < -0.4 is 5.32 Å². The fraction of sp³-hybridized carbons (Fsp3) is 0.882. The fourth-order valence-electron chi connectivity index (χ4n) is 2.61. The van der Waals surface area contributed by atoms with Crippen LogP contribution in [0.15, 0.2) is 0 Å². The van der Waals surface area contributed by atoms with Crippen molar-refractivity contribution in [3.63, 3.8) is 0 Å². The fourth-order valence-corrected chi connectivity index (χ4v) is 2.61. The second-order valence-corrected chi connectivity index (χ2v) is 7.12. The third kappa shape index (κ3) is 7.20. The molecule has 1 aliphatic heterocycles. The predicted molar refractivity (Wildman–Crippen MR) is 91.4 cm³/mol. The number of amides is 2. The second-order valence-electron chi connectivity index (χ2n) is 7.12. The number of nitrogens with zero attached hydrogens (tertiary/aromatic N) is 2. The molecule has 1 saturated heterocycles. The van der Waals surface area contributed by atoms with Gasteiger partial charge in [0, 0.05) is 32.2 Å². The summed E-state index contributed by atoms with van der Waals surface area (Å²) in [5.74, 6) is 0.114. The second kappa shape index (κ2) is 9.11. The van der Waals surface area contributed by atoms with E-state index in [1.165, 1.54) is 0 Å². The van der Waals surface area contributed by atoms with Crippen molar-refractivity contribution in [2.24, 2.45) is 0 Å². The quantitative estimate of drug-likeness (QED) is 0.813. The van der Waals surface area contributed by atoms with Crippen LogP contribution in [0.4, 0.5) is 4.79 Å². The van der Waals surface area contributed by atoms with E-state index >= 15 is 0 Å². The highest BCUT2D eigenvalue weighted by Crippen LogP contribution is 2.12. The molecule has 0 aromatic heterocycles. The van der Waals surface area contributed by atoms with Crippen molar-refractivity contribution in [3.05, 3.63) is 0 Å². The molecule has 1 aliphatic rings. The van der Waals surface area contributed by atoms with Crippen LogP contribution >= 0.6 is 0 Å². The van der Waals surface area contributed by atoms with Crippen molar-refractivity contribution in [1.82, 2.24) is 15.1 Å². The van der Waals surface area contributed by atoms with Crippen LogP contribution in [0.5, 0.6) is 0 Å². The Kier molecular flexibility index (Phi) is 7.82. The zero-order valence-electron chi connectivity index (χ0n) is 15.4. The molecule has 0 bridgehead atoms. The molecule has 0 saturated carbocycles. The maximum absolute atomic E-state index is 12.3. The summed E-state index contributed by atoms with van der Waals surface area (Å²) in [4.78, 5) is 27.8. The summed E-state index contributed by atoms with van der Waals surface area (Å²) >= 11 is 0. The van der Waals surface area contributed by atoms with Crippen molar-refractivity contribution in [2.45, 2.75) is 65.5 Å². The van der Waals surface area contributed by atoms with E-state index in [4.69, 9.17) is 4.74 Å². The molecule has 23 heavy (non-hydrogen) atoms. The largest absolute Gasteiger partial charge is 0.444 e. The molecular weight excluding hydrogens is 294 g/mol. The molecular formula is C17H33N3O3. The molecule has 1 N–H and O–H groups in total. The lowest BCUT2D eigenvalue weighted by Gasteiger charge is -2.35. The Morgan fingerprint density at radius 3 is 2.13 bits per heavy atom. The summed E-state index contributed by atoms with van der Waals surface area (Å²) in [6.45, 7) is 12.5. The van der Waals surface area contributed by atoms with Gasteiger partial charge in [0.1, 0.15) is 5.60 Å². The molecule has 2 amide bonds. The molecule has 1 atom stereocenters. The lowest BCUT2D eigenvalue weighted by atomic mass is 10.1. The summed E-state index contributed by atoms with van der Waals surface area (Å²) < 4.78 is 5.36. The van der Waals surface area contributed by atoms with E-state index in [0.717, 1.165) is 19.3 Å².